The summed E-state index contributed by atoms with van der Waals surface area (Å²) in [6.07, 6.45) is 2.43. The third-order valence-electron chi connectivity index (χ3n) is 3.74. The highest BCUT2D eigenvalue weighted by Crippen LogP contribution is 2.36. The summed E-state index contributed by atoms with van der Waals surface area (Å²) in [6.45, 7) is 0. The molecular weight excluding hydrogens is 407 g/mol. The Kier molecular flexibility index (Phi) is 6.21. The number of thiazole rings is 1. The quantitative estimate of drug-likeness (QED) is 0.584. The molecule has 0 bridgehead atoms. The molecule has 0 atom stereocenters. The molecular formula is C19H16Cl2N2O3S. The Bertz CT molecular complexity index is 975. The highest BCUT2D eigenvalue weighted by Gasteiger charge is 2.16. The summed E-state index contributed by atoms with van der Waals surface area (Å²) in [5, 5.41) is 4.27. The number of ether oxygens (including phenoxy) is 2. The fourth-order valence-electron chi connectivity index (χ4n) is 2.51. The molecule has 0 fully saturated rings. The van der Waals surface area contributed by atoms with Gasteiger partial charge in [-0.1, -0.05) is 35.3 Å². The largest absolute Gasteiger partial charge is 0.493 e. The van der Waals surface area contributed by atoms with Gasteiger partial charge in [-0.3, -0.25) is 10.1 Å². The molecule has 27 heavy (non-hydrogen) atoms. The molecule has 5 nitrogen and oxygen atoms in total. The number of nitrogens with zero attached hydrogens (tertiary/aromatic N) is 1. The SMILES string of the molecule is COc1cc(C(=O)Nc2ncc(Cc3cccc(Cl)c3)s2)cc(Cl)c1OC. The van der Waals surface area contributed by atoms with Crippen molar-refractivity contribution < 1.29 is 14.3 Å². The molecule has 1 aromatic heterocycles. The first-order valence-electron chi connectivity index (χ1n) is 7.92. The number of benzene rings is 2. The maximum absolute atomic E-state index is 12.5. The normalized spacial score (nSPS) is 10.5. The van der Waals surface area contributed by atoms with Gasteiger partial charge in [-0.2, -0.15) is 0 Å². The molecule has 0 radical (unpaired) electrons. The first-order chi connectivity index (χ1) is 13.0. The second-order valence-electron chi connectivity index (χ2n) is 5.59. The van der Waals surface area contributed by atoms with E-state index in [1.807, 2.05) is 24.3 Å². The molecule has 0 unspecified atom stereocenters. The second-order valence-corrected chi connectivity index (χ2v) is 7.54. The number of methoxy groups -OCH3 is 2. The van der Waals surface area contributed by atoms with Crippen LogP contribution < -0.4 is 14.8 Å². The van der Waals surface area contributed by atoms with Crippen molar-refractivity contribution in [3.8, 4) is 11.5 Å². The van der Waals surface area contributed by atoms with Gasteiger partial charge in [0.15, 0.2) is 16.6 Å². The van der Waals surface area contributed by atoms with E-state index in [9.17, 15) is 4.79 Å². The maximum atomic E-state index is 12.5. The predicted molar refractivity (Wildman–Crippen MR) is 109 cm³/mol. The van der Waals surface area contributed by atoms with Gasteiger partial charge in [-0.25, -0.2) is 4.98 Å². The zero-order chi connectivity index (χ0) is 19.4. The van der Waals surface area contributed by atoms with Crippen LogP contribution in [0.5, 0.6) is 11.5 Å². The van der Waals surface area contributed by atoms with E-state index in [0.717, 1.165) is 10.4 Å². The average molecular weight is 423 g/mol. The molecule has 1 heterocycles. The number of amides is 1. The van der Waals surface area contributed by atoms with Crippen LogP contribution in [0.2, 0.25) is 10.0 Å². The number of anilines is 1. The first kappa shape index (κ1) is 19.5. The number of nitrogens with one attached hydrogen (secondary N) is 1. The highest BCUT2D eigenvalue weighted by atomic mass is 35.5. The van der Waals surface area contributed by atoms with Crippen molar-refractivity contribution in [2.45, 2.75) is 6.42 Å². The van der Waals surface area contributed by atoms with E-state index in [2.05, 4.69) is 10.3 Å². The average Bonchev–Trinajstić information content (AvgIpc) is 3.07. The molecule has 1 N–H and O–H groups in total. The zero-order valence-corrected chi connectivity index (χ0v) is 16.9. The summed E-state index contributed by atoms with van der Waals surface area (Å²) in [4.78, 5) is 17.8. The summed E-state index contributed by atoms with van der Waals surface area (Å²) >= 11 is 13.6. The van der Waals surface area contributed by atoms with Crippen LogP contribution in [0.25, 0.3) is 0 Å². The van der Waals surface area contributed by atoms with Crippen LogP contribution in [0.15, 0.2) is 42.6 Å². The standard InChI is InChI=1S/C19H16Cl2N2O3S/c1-25-16-9-12(8-15(21)17(16)26-2)18(24)23-19-22-10-14(27-19)7-11-4-3-5-13(20)6-11/h3-6,8-10H,7H2,1-2H3,(H,22,23,24). The lowest BCUT2D eigenvalue weighted by atomic mass is 10.1. The van der Waals surface area contributed by atoms with E-state index in [4.69, 9.17) is 32.7 Å². The van der Waals surface area contributed by atoms with Crippen LogP contribution >= 0.6 is 34.5 Å². The van der Waals surface area contributed by atoms with E-state index >= 15 is 0 Å². The van der Waals surface area contributed by atoms with Gasteiger partial charge in [-0.15, -0.1) is 11.3 Å². The van der Waals surface area contributed by atoms with Gasteiger partial charge < -0.3 is 9.47 Å². The zero-order valence-electron chi connectivity index (χ0n) is 14.6. The lowest BCUT2D eigenvalue weighted by Gasteiger charge is -2.11. The number of rotatable bonds is 6. The smallest absolute Gasteiger partial charge is 0.257 e. The monoisotopic (exact) mass is 422 g/mol. The van der Waals surface area contributed by atoms with Gasteiger partial charge in [0.25, 0.3) is 5.91 Å². The Morgan fingerprint density at radius 1 is 1.19 bits per heavy atom. The van der Waals surface area contributed by atoms with E-state index in [0.29, 0.717) is 38.7 Å². The van der Waals surface area contributed by atoms with Gasteiger partial charge in [0.1, 0.15) is 0 Å². The first-order valence-corrected chi connectivity index (χ1v) is 9.49. The highest BCUT2D eigenvalue weighted by molar-refractivity contribution is 7.15. The Morgan fingerprint density at radius 2 is 2.00 bits per heavy atom. The molecule has 3 rings (SSSR count). The van der Waals surface area contributed by atoms with Crippen LogP contribution in [0, 0.1) is 0 Å². The Balaban J connectivity index is 1.73. The lowest BCUT2D eigenvalue weighted by molar-refractivity contribution is 0.102. The molecule has 3 aromatic rings. The number of carbonyl (C=O) groups is 1. The second kappa shape index (κ2) is 8.61. The van der Waals surface area contributed by atoms with E-state index in [1.165, 1.54) is 31.6 Å². The molecule has 0 saturated heterocycles. The summed E-state index contributed by atoms with van der Waals surface area (Å²) in [6, 6.07) is 10.7. The van der Waals surface area contributed by atoms with Crippen LogP contribution in [-0.2, 0) is 6.42 Å². The van der Waals surface area contributed by atoms with Crippen LogP contribution in [0.1, 0.15) is 20.8 Å². The third kappa shape index (κ3) is 4.71. The fourth-order valence-corrected chi connectivity index (χ4v) is 3.86. The van der Waals surface area contributed by atoms with Crippen molar-refractivity contribution in [3.05, 3.63) is 68.6 Å². The molecule has 0 spiro atoms. The molecule has 2 aromatic carbocycles. The number of aromatic nitrogens is 1. The minimum Gasteiger partial charge on any atom is -0.493 e. The van der Waals surface area contributed by atoms with Crippen LogP contribution in [-0.4, -0.2) is 25.1 Å². The molecule has 0 aliphatic carbocycles. The number of halogens is 2. The number of hydrogen-bond acceptors (Lipinski definition) is 5. The molecule has 0 aliphatic heterocycles. The topological polar surface area (TPSA) is 60.5 Å². The van der Waals surface area contributed by atoms with Crippen molar-refractivity contribution >= 4 is 45.6 Å². The van der Waals surface area contributed by atoms with Crippen molar-refractivity contribution in [1.82, 2.24) is 4.98 Å². The molecule has 0 aliphatic rings. The van der Waals surface area contributed by atoms with Gasteiger partial charge in [0.2, 0.25) is 0 Å². The summed E-state index contributed by atoms with van der Waals surface area (Å²) in [7, 11) is 2.97. The lowest BCUT2D eigenvalue weighted by Crippen LogP contribution is -2.12. The number of carbonyl (C=O) groups excluding carboxylic acids is 1. The minimum absolute atomic E-state index is 0.294. The third-order valence-corrected chi connectivity index (χ3v) is 5.17. The summed E-state index contributed by atoms with van der Waals surface area (Å²) < 4.78 is 10.4. The molecule has 140 valence electrons. The Labute approximate surface area is 170 Å². The van der Waals surface area contributed by atoms with E-state index in [1.54, 1.807) is 12.3 Å². The number of hydrogen-bond donors (Lipinski definition) is 1. The van der Waals surface area contributed by atoms with Crippen LogP contribution in [0.3, 0.4) is 0 Å². The summed E-state index contributed by atoms with van der Waals surface area (Å²) in [5.74, 6) is 0.436. The van der Waals surface area contributed by atoms with Crippen molar-refractivity contribution in [3.63, 3.8) is 0 Å². The Hall–Kier alpha value is -2.28. The van der Waals surface area contributed by atoms with Gasteiger partial charge in [0, 0.05) is 28.1 Å². The van der Waals surface area contributed by atoms with Crippen molar-refractivity contribution in [2.75, 3.05) is 19.5 Å². The predicted octanol–water partition coefficient (Wildman–Crippen LogP) is 5.31. The summed E-state index contributed by atoms with van der Waals surface area (Å²) in [5.41, 5.74) is 1.43. The van der Waals surface area contributed by atoms with Crippen molar-refractivity contribution in [2.24, 2.45) is 0 Å². The van der Waals surface area contributed by atoms with E-state index in [-0.39, 0.29) is 5.91 Å². The van der Waals surface area contributed by atoms with Gasteiger partial charge >= 0.3 is 0 Å². The van der Waals surface area contributed by atoms with Gasteiger partial charge in [-0.05, 0) is 29.8 Å². The fraction of sp³-hybridized carbons (Fsp3) is 0.158. The molecule has 1 amide bonds. The van der Waals surface area contributed by atoms with E-state index < -0.39 is 0 Å². The molecule has 8 heteroatoms. The minimum atomic E-state index is -0.332. The van der Waals surface area contributed by atoms with Crippen LogP contribution in [0.4, 0.5) is 5.13 Å². The maximum Gasteiger partial charge on any atom is 0.257 e. The Morgan fingerprint density at radius 3 is 2.70 bits per heavy atom. The van der Waals surface area contributed by atoms with Crippen molar-refractivity contribution in [1.29, 1.82) is 0 Å². The molecule has 0 saturated carbocycles. The van der Waals surface area contributed by atoms with Gasteiger partial charge in [0.05, 0.1) is 19.2 Å².